The van der Waals surface area contributed by atoms with Gasteiger partial charge in [0, 0.05) is 50.5 Å². The number of aromatic nitrogens is 2. The maximum Gasteiger partial charge on any atom is 0.387 e. The smallest absolute Gasteiger partial charge is 0.387 e. The summed E-state index contributed by atoms with van der Waals surface area (Å²) in [6, 6.07) is 4.60. The van der Waals surface area contributed by atoms with E-state index in [9.17, 15) is 8.78 Å². The van der Waals surface area contributed by atoms with Crippen molar-refractivity contribution in [3.8, 4) is 5.75 Å². The Bertz CT molecular complexity index is 826. The minimum atomic E-state index is -2.88. The number of aryl methyl sites for hydroxylation is 1. The topological polar surface area (TPSA) is 54.7 Å². The Hall–Kier alpha value is -2.35. The maximum absolute atomic E-state index is 12.6. The first-order chi connectivity index (χ1) is 13.4. The molecule has 1 saturated heterocycles. The van der Waals surface area contributed by atoms with Crippen LogP contribution in [0.5, 0.6) is 5.75 Å². The van der Waals surface area contributed by atoms with Crippen molar-refractivity contribution in [2.75, 3.05) is 20.1 Å². The van der Waals surface area contributed by atoms with Crippen molar-refractivity contribution in [1.82, 2.24) is 20.0 Å². The zero-order valence-electron chi connectivity index (χ0n) is 15.9. The van der Waals surface area contributed by atoms with Crippen LogP contribution in [0, 0.1) is 5.92 Å². The molecule has 3 rings (SSSR count). The highest BCUT2D eigenvalue weighted by molar-refractivity contribution is 6.30. The average Bonchev–Trinajstić information content (AvgIpc) is 3.27. The molecule has 1 aliphatic rings. The molecular weight excluding hydrogens is 388 g/mol. The molecule has 152 valence electrons. The van der Waals surface area contributed by atoms with Crippen LogP contribution in [0.15, 0.2) is 35.6 Å². The molecule has 0 amide bonds. The molecule has 6 nitrogen and oxygen atoms in total. The van der Waals surface area contributed by atoms with Crippen LogP contribution >= 0.6 is 11.6 Å². The number of alkyl halides is 2. The van der Waals surface area contributed by atoms with Crippen LogP contribution in [0.3, 0.4) is 0 Å². The monoisotopic (exact) mass is 411 g/mol. The summed E-state index contributed by atoms with van der Waals surface area (Å²) in [4.78, 5) is 6.52. The van der Waals surface area contributed by atoms with E-state index < -0.39 is 6.61 Å². The summed E-state index contributed by atoms with van der Waals surface area (Å²) >= 11 is 6.01. The van der Waals surface area contributed by atoms with Gasteiger partial charge in [-0.15, -0.1) is 0 Å². The summed E-state index contributed by atoms with van der Waals surface area (Å²) in [6.07, 6.45) is 5.98. The summed E-state index contributed by atoms with van der Waals surface area (Å²) in [5.41, 5.74) is 1.78. The molecule has 9 heteroatoms. The third kappa shape index (κ3) is 5.34. The Morgan fingerprint density at radius 1 is 1.46 bits per heavy atom. The van der Waals surface area contributed by atoms with E-state index in [-0.39, 0.29) is 5.75 Å². The summed E-state index contributed by atoms with van der Waals surface area (Å²) in [5, 5.41) is 7.92. The number of ether oxygens (including phenoxy) is 1. The van der Waals surface area contributed by atoms with E-state index in [1.54, 1.807) is 13.1 Å². The van der Waals surface area contributed by atoms with Crippen LogP contribution in [-0.4, -0.2) is 47.4 Å². The second kappa shape index (κ2) is 9.23. The predicted octanol–water partition coefficient (Wildman–Crippen LogP) is 3.31. The van der Waals surface area contributed by atoms with Crippen molar-refractivity contribution >= 4 is 17.6 Å². The molecule has 28 heavy (non-hydrogen) atoms. The van der Waals surface area contributed by atoms with E-state index in [0.29, 0.717) is 23.0 Å². The lowest BCUT2D eigenvalue weighted by atomic mass is 10.0. The van der Waals surface area contributed by atoms with Gasteiger partial charge >= 0.3 is 6.61 Å². The first-order valence-electron chi connectivity index (χ1n) is 9.11. The van der Waals surface area contributed by atoms with Crippen molar-refractivity contribution in [3.63, 3.8) is 0 Å². The number of aliphatic imine (C=N–C) groups is 1. The number of rotatable bonds is 6. The first-order valence-corrected chi connectivity index (χ1v) is 9.48. The molecule has 0 spiro atoms. The summed E-state index contributed by atoms with van der Waals surface area (Å²) in [7, 11) is 3.63. The van der Waals surface area contributed by atoms with Crippen molar-refractivity contribution in [3.05, 3.63) is 46.7 Å². The Balaban J connectivity index is 1.59. The van der Waals surface area contributed by atoms with E-state index >= 15 is 0 Å². The van der Waals surface area contributed by atoms with E-state index in [0.717, 1.165) is 31.9 Å². The summed E-state index contributed by atoms with van der Waals surface area (Å²) in [6.45, 7) is -0.824. The quantitative estimate of drug-likeness (QED) is 0.585. The second-order valence-corrected chi connectivity index (χ2v) is 7.29. The lowest BCUT2D eigenvalue weighted by Gasteiger charge is -2.22. The fraction of sp³-hybridized carbons (Fsp3) is 0.474. The van der Waals surface area contributed by atoms with Gasteiger partial charge in [0.15, 0.2) is 5.96 Å². The number of hydrogen-bond acceptors (Lipinski definition) is 3. The standard InChI is InChI=1S/C19H24ClF2N5O/c1-23-19(24-10-15-8-16(20)3-4-17(15)28-18(21)22)27-6-5-13(12-27)7-14-9-25-26(2)11-14/h3-4,8-9,11,13,18H,5-7,10,12H2,1-2H3,(H,23,24). The summed E-state index contributed by atoms with van der Waals surface area (Å²) in [5.74, 6) is 1.36. The van der Waals surface area contributed by atoms with Gasteiger partial charge in [-0.1, -0.05) is 11.6 Å². The molecule has 0 bridgehead atoms. The molecule has 0 saturated carbocycles. The highest BCUT2D eigenvalue weighted by Gasteiger charge is 2.25. The van der Waals surface area contributed by atoms with Crippen LogP contribution in [0.2, 0.25) is 5.02 Å². The van der Waals surface area contributed by atoms with Crippen LogP contribution in [0.1, 0.15) is 17.5 Å². The summed E-state index contributed by atoms with van der Waals surface area (Å²) < 4.78 is 31.6. The van der Waals surface area contributed by atoms with Gasteiger partial charge in [-0.3, -0.25) is 9.67 Å². The molecule has 1 atom stereocenters. The molecular formula is C19H24ClF2N5O. The molecule has 1 aromatic heterocycles. The second-order valence-electron chi connectivity index (χ2n) is 6.86. The number of hydrogen-bond donors (Lipinski definition) is 1. The van der Waals surface area contributed by atoms with E-state index in [1.807, 2.05) is 24.1 Å². The zero-order chi connectivity index (χ0) is 20.1. The zero-order valence-corrected chi connectivity index (χ0v) is 16.7. The molecule has 1 N–H and O–H groups in total. The van der Waals surface area contributed by atoms with Gasteiger partial charge in [-0.05, 0) is 42.5 Å². The molecule has 1 fully saturated rings. The van der Waals surface area contributed by atoms with E-state index in [1.165, 1.54) is 17.7 Å². The van der Waals surface area contributed by atoms with Gasteiger partial charge in [-0.2, -0.15) is 13.9 Å². The fourth-order valence-corrected chi connectivity index (χ4v) is 3.70. The predicted molar refractivity (Wildman–Crippen MR) is 105 cm³/mol. The number of likely N-dealkylation sites (tertiary alicyclic amines) is 1. The highest BCUT2D eigenvalue weighted by atomic mass is 35.5. The minimum Gasteiger partial charge on any atom is -0.434 e. The minimum absolute atomic E-state index is 0.109. The molecule has 0 aliphatic carbocycles. The molecule has 2 heterocycles. The number of halogens is 3. The van der Waals surface area contributed by atoms with Gasteiger partial charge < -0.3 is 15.0 Å². The van der Waals surface area contributed by atoms with Crippen LogP contribution in [0.25, 0.3) is 0 Å². The van der Waals surface area contributed by atoms with E-state index in [4.69, 9.17) is 11.6 Å². The van der Waals surface area contributed by atoms with Crippen LogP contribution in [0.4, 0.5) is 8.78 Å². The van der Waals surface area contributed by atoms with Gasteiger partial charge in [0.1, 0.15) is 5.75 Å². The SMILES string of the molecule is CN=C(NCc1cc(Cl)ccc1OC(F)F)N1CCC(Cc2cnn(C)c2)C1. The Morgan fingerprint density at radius 3 is 2.96 bits per heavy atom. The van der Waals surface area contributed by atoms with Crippen molar-refractivity contribution in [2.24, 2.45) is 18.0 Å². The van der Waals surface area contributed by atoms with E-state index in [2.05, 4.69) is 25.0 Å². The lowest BCUT2D eigenvalue weighted by Crippen LogP contribution is -2.39. The van der Waals surface area contributed by atoms with Crippen LogP contribution < -0.4 is 10.1 Å². The third-order valence-electron chi connectivity index (χ3n) is 4.76. The largest absolute Gasteiger partial charge is 0.434 e. The number of nitrogens with zero attached hydrogens (tertiary/aromatic N) is 4. The maximum atomic E-state index is 12.6. The van der Waals surface area contributed by atoms with Crippen molar-refractivity contribution < 1.29 is 13.5 Å². The molecule has 2 aromatic rings. The van der Waals surface area contributed by atoms with Gasteiger partial charge in [0.05, 0.1) is 6.20 Å². The average molecular weight is 412 g/mol. The molecule has 1 aliphatic heterocycles. The van der Waals surface area contributed by atoms with Gasteiger partial charge in [0.2, 0.25) is 0 Å². The van der Waals surface area contributed by atoms with Crippen LogP contribution in [-0.2, 0) is 20.0 Å². The molecule has 0 radical (unpaired) electrons. The Labute approximate surface area is 168 Å². The Morgan fingerprint density at radius 2 is 2.29 bits per heavy atom. The molecule has 1 aromatic carbocycles. The van der Waals surface area contributed by atoms with Crippen molar-refractivity contribution in [1.29, 1.82) is 0 Å². The number of nitrogens with one attached hydrogen (secondary N) is 1. The Kier molecular flexibility index (Phi) is 6.72. The van der Waals surface area contributed by atoms with Gasteiger partial charge in [-0.25, -0.2) is 0 Å². The highest BCUT2D eigenvalue weighted by Crippen LogP contribution is 2.25. The third-order valence-corrected chi connectivity index (χ3v) is 4.99. The number of guanidine groups is 1. The first kappa shape index (κ1) is 20.4. The van der Waals surface area contributed by atoms with Gasteiger partial charge in [0.25, 0.3) is 0 Å². The molecule has 1 unspecified atom stereocenters. The van der Waals surface area contributed by atoms with Crippen molar-refractivity contribution in [2.45, 2.75) is 26.0 Å². The fourth-order valence-electron chi connectivity index (χ4n) is 3.51. The lowest BCUT2D eigenvalue weighted by molar-refractivity contribution is -0.0504. The normalized spacial score (nSPS) is 17.4. The number of benzene rings is 1.